The standard InChI is InChI=1S/C19H14NO.3C18H12NO.4C12H10N.4Ir/c1-12-10-17(20-11-13(12)2)16-8-5-7-15-14-6-3-4-9-18(14)21-19(15)16;2*1-12-9-10-19-16(11-12)15-7-4-6-14-13-5-2-3-8-17(13)20-18(14)15;1-12-9-10-16(19-11-12)15-7-4-6-14-13-5-2-3-8-17(13)20-18(14)15;4*1-10-7-8-12(13-9-10)11-5-3-2-4-6-11;;;;/h3-7,9-11H,1-2H3;3*2-6,8-11H,1H3;4*2-5,7-9H,1H3;;;;/q8*-1;;;;. The van der Waals surface area contributed by atoms with Crippen LogP contribution in [-0.2, 0) is 80.4 Å². The summed E-state index contributed by atoms with van der Waals surface area (Å²) in [5.41, 5.74) is 33.0. The average molecular weight is 2490 g/mol. The zero-order chi connectivity index (χ0) is 91.4. The van der Waals surface area contributed by atoms with Gasteiger partial charge in [0.05, 0.1) is 22.3 Å². The first kappa shape index (κ1) is 100. The van der Waals surface area contributed by atoms with Crippen LogP contribution in [0.4, 0.5) is 0 Å². The van der Waals surface area contributed by atoms with E-state index in [4.69, 9.17) is 17.7 Å². The van der Waals surface area contributed by atoms with Gasteiger partial charge >= 0.3 is 0 Å². The van der Waals surface area contributed by atoms with E-state index in [1.165, 1.54) is 44.5 Å². The van der Waals surface area contributed by atoms with Gasteiger partial charge in [-0.3, -0.25) is 0 Å². The normalized spacial score (nSPS) is 10.4. The number of nitrogens with zero attached hydrogens (tertiary/aromatic N) is 8. The molecule has 0 unspecified atom stereocenters. The molecule has 0 amide bonds. The summed E-state index contributed by atoms with van der Waals surface area (Å²) < 4.78 is 24.0. The minimum absolute atomic E-state index is 0. The van der Waals surface area contributed by atoms with E-state index in [1.807, 2.05) is 345 Å². The van der Waals surface area contributed by atoms with Crippen LogP contribution in [-0.4, -0.2) is 39.9 Å². The monoisotopic (exact) mass is 2490 g/mol. The number of rotatable bonds is 8. The van der Waals surface area contributed by atoms with E-state index >= 15 is 0 Å². The van der Waals surface area contributed by atoms with E-state index in [2.05, 4.69) is 189 Å². The first-order valence-corrected chi connectivity index (χ1v) is 43.8. The predicted molar refractivity (Wildman–Crippen MR) is 540 cm³/mol. The number of benzene rings is 12. The minimum atomic E-state index is 0. The van der Waals surface area contributed by atoms with Crippen molar-refractivity contribution in [2.24, 2.45) is 0 Å². The number of hydrogen-bond donors (Lipinski definition) is 0. The van der Waals surface area contributed by atoms with E-state index < -0.39 is 0 Å². The third kappa shape index (κ3) is 24.9. The Bertz CT molecular complexity index is 7550. The minimum Gasteiger partial charge on any atom is -0.501 e. The van der Waals surface area contributed by atoms with Crippen LogP contribution >= 0.6 is 0 Å². The fourth-order valence-electron chi connectivity index (χ4n) is 15.0. The van der Waals surface area contributed by atoms with Crippen LogP contribution in [0.3, 0.4) is 0 Å². The van der Waals surface area contributed by atoms with Crippen LogP contribution in [0.25, 0.3) is 178 Å². The summed E-state index contributed by atoms with van der Waals surface area (Å²) in [6.07, 6.45) is 14.9. The Balaban J connectivity index is 0.000000133. The number of hydrogen-bond acceptors (Lipinski definition) is 12. The van der Waals surface area contributed by atoms with Crippen LogP contribution < -0.4 is 0 Å². The molecule has 4 radical (unpaired) electrons. The van der Waals surface area contributed by atoms with Crippen molar-refractivity contribution < 1.29 is 98.1 Å². The molecular weight excluding hydrogens is 2400 g/mol. The van der Waals surface area contributed by atoms with E-state index in [9.17, 15) is 0 Å². The molecule has 24 rings (SSSR count). The molecule has 0 aliphatic rings. The summed E-state index contributed by atoms with van der Waals surface area (Å²) in [5, 5.41) is 8.96. The van der Waals surface area contributed by atoms with Crippen molar-refractivity contribution in [2.75, 3.05) is 0 Å². The van der Waals surface area contributed by atoms with Gasteiger partial charge in [0.1, 0.15) is 22.3 Å². The van der Waals surface area contributed by atoms with E-state index in [-0.39, 0.29) is 80.4 Å². The quantitative estimate of drug-likeness (QED) is 0.133. The van der Waals surface area contributed by atoms with Crippen molar-refractivity contribution in [1.29, 1.82) is 0 Å². The number of fused-ring (bicyclic) bond motifs is 12. The second kappa shape index (κ2) is 48.2. The SMILES string of the molecule is Cc1ccc(-c2[c-]ccc3c2oc2ccccc23)nc1.Cc1ccc(-c2[c-]cccc2)nc1.Cc1ccc(-c2[c-]cccc2)nc1.Cc1ccc(-c2[c-]cccc2)nc1.Cc1ccc(-c2[c-]cccc2)nc1.Cc1ccnc(-c2[c-]ccc3c2oc2ccccc23)c1.Cc1ccnc(-c2[c-]ccc3c2oc2ccccc23)c1.Cc1cnc(-c2[c-]ccc3c2oc2ccccc23)cc1C.[Ir].[Ir].[Ir].[Ir]. The largest absolute Gasteiger partial charge is 0.501 e. The second-order valence-corrected chi connectivity index (χ2v) is 32.1. The van der Waals surface area contributed by atoms with Crippen LogP contribution in [0.5, 0.6) is 0 Å². The van der Waals surface area contributed by atoms with Gasteiger partial charge in [-0.2, -0.15) is 0 Å². The molecule has 137 heavy (non-hydrogen) atoms. The Morgan fingerprint density at radius 1 is 0.182 bits per heavy atom. The molecule has 0 aliphatic carbocycles. The number of furan rings is 4. The van der Waals surface area contributed by atoms with Crippen molar-refractivity contribution >= 4 is 87.8 Å². The van der Waals surface area contributed by atoms with Gasteiger partial charge in [0.15, 0.2) is 0 Å². The van der Waals surface area contributed by atoms with Gasteiger partial charge in [-0.15, -0.1) is 216 Å². The van der Waals surface area contributed by atoms with Crippen LogP contribution in [0.2, 0.25) is 0 Å². The molecule has 0 fully saturated rings. The summed E-state index contributed by atoms with van der Waals surface area (Å²) in [6, 6.07) is 136. The molecule has 12 aromatic heterocycles. The topological polar surface area (TPSA) is 156 Å². The zero-order valence-electron chi connectivity index (χ0n) is 76.4. The van der Waals surface area contributed by atoms with E-state index in [0.717, 1.165) is 183 Å². The third-order valence-corrected chi connectivity index (χ3v) is 22.1. The maximum Gasteiger partial charge on any atom is 0.120 e. The van der Waals surface area contributed by atoms with Crippen LogP contribution in [0, 0.1) is 111 Å². The Morgan fingerprint density at radius 2 is 0.431 bits per heavy atom. The van der Waals surface area contributed by atoms with E-state index in [1.54, 1.807) is 0 Å². The molecule has 682 valence electrons. The van der Waals surface area contributed by atoms with Crippen molar-refractivity contribution in [3.05, 3.63) is 482 Å². The van der Waals surface area contributed by atoms with Crippen molar-refractivity contribution in [2.45, 2.75) is 62.3 Å². The maximum absolute atomic E-state index is 6.04. The van der Waals surface area contributed by atoms with Gasteiger partial charge in [-0.1, -0.05) is 212 Å². The predicted octanol–water partition coefficient (Wildman–Crippen LogP) is 30.8. The number of pyridine rings is 8. The smallest absolute Gasteiger partial charge is 0.120 e. The fraction of sp³-hybridized carbons (Fsp3) is 0.0744. The summed E-state index contributed by atoms with van der Waals surface area (Å²) >= 11 is 0. The molecule has 12 heterocycles. The van der Waals surface area contributed by atoms with Gasteiger partial charge in [0.25, 0.3) is 0 Å². The zero-order valence-corrected chi connectivity index (χ0v) is 86.0. The van der Waals surface area contributed by atoms with E-state index in [0.29, 0.717) is 0 Å². The molecule has 16 heteroatoms. The van der Waals surface area contributed by atoms with Gasteiger partial charge in [-0.25, -0.2) is 0 Å². The average Bonchev–Trinajstić information content (AvgIpc) is 1.64. The summed E-state index contributed by atoms with van der Waals surface area (Å²) in [6.45, 7) is 18.4. The molecule has 0 saturated heterocycles. The number of para-hydroxylation sites is 4. The second-order valence-electron chi connectivity index (χ2n) is 32.1. The third-order valence-electron chi connectivity index (χ3n) is 22.1. The van der Waals surface area contributed by atoms with Crippen LogP contribution in [0.1, 0.15) is 50.1 Å². The molecule has 0 atom stereocenters. The fourth-order valence-corrected chi connectivity index (χ4v) is 15.0. The molecule has 0 saturated carbocycles. The first-order valence-electron chi connectivity index (χ1n) is 43.8. The summed E-state index contributed by atoms with van der Waals surface area (Å²) in [4.78, 5) is 35.2. The molecule has 0 spiro atoms. The maximum atomic E-state index is 6.04. The first-order chi connectivity index (χ1) is 65.2. The molecule has 0 N–H and O–H groups in total. The Hall–Kier alpha value is -14.4. The molecule has 24 aromatic rings. The Morgan fingerprint density at radius 3 is 0.679 bits per heavy atom. The van der Waals surface area contributed by atoms with Crippen molar-refractivity contribution in [3.63, 3.8) is 0 Å². The summed E-state index contributed by atoms with van der Waals surface area (Å²) in [5.74, 6) is 0. The number of aromatic nitrogens is 8. The van der Waals surface area contributed by atoms with Gasteiger partial charge in [-0.05, 0) is 178 Å². The molecule has 0 aliphatic heterocycles. The van der Waals surface area contributed by atoms with Gasteiger partial charge < -0.3 is 57.5 Å². The molecular formula is C121H90Ir4N8O4-8. The van der Waals surface area contributed by atoms with Crippen LogP contribution in [0.15, 0.2) is 401 Å². The molecule has 12 aromatic carbocycles. The van der Waals surface area contributed by atoms with Gasteiger partial charge in [0.2, 0.25) is 0 Å². The van der Waals surface area contributed by atoms with Gasteiger partial charge in [0, 0.05) is 152 Å². The molecule has 0 bridgehead atoms. The van der Waals surface area contributed by atoms with Crippen molar-refractivity contribution in [1.82, 2.24) is 39.9 Å². The Labute approximate surface area is 852 Å². The Kier molecular flexibility index (Phi) is 35.2. The van der Waals surface area contributed by atoms with Crippen molar-refractivity contribution in [3.8, 4) is 90.1 Å². The summed E-state index contributed by atoms with van der Waals surface area (Å²) in [7, 11) is 0. The number of aryl methyl sites for hydroxylation is 9. The molecule has 12 nitrogen and oxygen atoms in total.